The van der Waals surface area contributed by atoms with Crippen molar-refractivity contribution in [1.82, 2.24) is 4.98 Å². The molecule has 0 atom stereocenters. The van der Waals surface area contributed by atoms with Crippen LogP contribution in [-0.4, -0.2) is 35.3 Å². The van der Waals surface area contributed by atoms with E-state index in [1.807, 2.05) is 0 Å². The summed E-state index contributed by atoms with van der Waals surface area (Å²) in [5, 5.41) is 2.54. The van der Waals surface area contributed by atoms with Gasteiger partial charge in [0.1, 0.15) is 5.82 Å². The number of benzene rings is 2. The number of amides is 3. The molecule has 3 amide bonds. The largest absolute Gasteiger partial charge is 0.452 e. The van der Waals surface area contributed by atoms with Crippen molar-refractivity contribution in [2.45, 2.75) is 6.92 Å². The first-order chi connectivity index (χ1) is 14.9. The first kappa shape index (κ1) is 20.0. The standard InChI is InChI=1S/C23H17N3O5/c1-14-6-4-11-19(24-14)25-20(27)13-31-23(30)15-7-5-8-16(12-15)26-21(28)17-9-2-3-10-18(17)22(26)29/h2-12H,13H2,1H3,(H,24,25,27). The molecule has 0 saturated heterocycles. The summed E-state index contributed by atoms with van der Waals surface area (Å²) >= 11 is 0. The fourth-order valence-corrected chi connectivity index (χ4v) is 3.20. The van der Waals surface area contributed by atoms with E-state index >= 15 is 0 Å². The van der Waals surface area contributed by atoms with Crippen molar-refractivity contribution < 1.29 is 23.9 Å². The Morgan fingerprint density at radius 1 is 0.935 bits per heavy atom. The molecule has 4 rings (SSSR count). The Morgan fingerprint density at radius 2 is 1.61 bits per heavy atom. The zero-order chi connectivity index (χ0) is 22.0. The van der Waals surface area contributed by atoms with Crippen LogP contribution in [0.25, 0.3) is 0 Å². The fraction of sp³-hybridized carbons (Fsp3) is 0.0870. The third-order valence-corrected chi connectivity index (χ3v) is 4.62. The molecule has 1 aromatic heterocycles. The second kappa shape index (κ2) is 8.19. The monoisotopic (exact) mass is 415 g/mol. The highest BCUT2D eigenvalue weighted by atomic mass is 16.5. The van der Waals surface area contributed by atoms with E-state index in [2.05, 4.69) is 10.3 Å². The number of aryl methyl sites for hydroxylation is 1. The molecule has 0 fully saturated rings. The Labute approximate surface area is 177 Å². The van der Waals surface area contributed by atoms with E-state index in [0.717, 1.165) is 10.6 Å². The van der Waals surface area contributed by atoms with Crippen LogP contribution < -0.4 is 10.2 Å². The van der Waals surface area contributed by atoms with E-state index in [0.29, 0.717) is 16.9 Å². The fourth-order valence-electron chi connectivity index (χ4n) is 3.20. The number of nitrogens with one attached hydrogen (secondary N) is 1. The minimum atomic E-state index is -0.759. The van der Waals surface area contributed by atoms with E-state index < -0.39 is 30.3 Å². The van der Waals surface area contributed by atoms with Gasteiger partial charge in [-0.2, -0.15) is 0 Å². The highest BCUT2D eigenvalue weighted by molar-refractivity contribution is 6.34. The van der Waals surface area contributed by atoms with Crippen LogP contribution in [0.15, 0.2) is 66.7 Å². The van der Waals surface area contributed by atoms with Gasteiger partial charge < -0.3 is 10.1 Å². The number of hydrogen-bond donors (Lipinski definition) is 1. The topological polar surface area (TPSA) is 106 Å². The molecule has 154 valence electrons. The van der Waals surface area contributed by atoms with Crippen LogP contribution in [0.2, 0.25) is 0 Å². The van der Waals surface area contributed by atoms with E-state index in [9.17, 15) is 19.2 Å². The number of anilines is 2. The second-order valence-corrected chi connectivity index (χ2v) is 6.83. The van der Waals surface area contributed by atoms with Gasteiger partial charge in [-0.15, -0.1) is 0 Å². The smallest absolute Gasteiger partial charge is 0.338 e. The van der Waals surface area contributed by atoms with Crippen LogP contribution in [0.1, 0.15) is 36.8 Å². The quantitative estimate of drug-likeness (QED) is 0.507. The van der Waals surface area contributed by atoms with Crippen LogP contribution in [0.4, 0.5) is 11.5 Å². The number of ether oxygens (including phenoxy) is 1. The lowest BCUT2D eigenvalue weighted by Gasteiger charge is -2.14. The number of hydrogen-bond acceptors (Lipinski definition) is 6. The van der Waals surface area contributed by atoms with Gasteiger partial charge in [-0.05, 0) is 49.4 Å². The van der Waals surface area contributed by atoms with Crippen molar-refractivity contribution in [2.24, 2.45) is 0 Å². The minimum Gasteiger partial charge on any atom is -0.452 e. The summed E-state index contributed by atoms with van der Waals surface area (Å²) < 4.78 is 5.06. The maximum absolute atomic E-state index is 12.6. The number of rotatable bonds is 5. The van der Waals surface area contributed by atoms with Crippen LogP contribution in [-0.2, 0) is 9.53 Å². The molecule has 0 unspecified atom stereocenters. The molecule has 2 heterocycles. The highest BCUT2D eigenvalue weighted by Crippen LogP contribution is 2.28. The number of carbonyl (C=O) groups excluding carboxylic acids is 4. The van der Waals surface area contributed by atoms with Crippen molar-refractivity contribution >= 4 is 35.2 Å². The summed E-state index contributed by atoms with van der Waals surface area (Å²) in [6.07, 6.45) is 0. The number of pyridine rings is 1. The number of esters is 1. The van der Waals surface area contributed by atoms with Gasteiger partial charge in [0.15, 0.2) is 6.61 Å². The normalized spacial score (nSPS) is 12.5. The van der Waals surface area contributed by atoms with Gasteiger partial charge in [-0.3, -0.25) is 14.4 Å². The summed E-state index contributed by atoms with van der Waals surface area (Å²) in [7, 11) is 0. The first-order valence-corrected chi connectivity index (χ1v) is 9.42. The molecule has 8 nitrogen and oxygen atoms in total. The molecular formula is C23H17N3O5. The summed E-state index contributed by atoms with van der Waals surface area (Å²) in [6.45, 7) is 1.28. The highest BCUT2D eigenvalue weighted by Gasteiger charge is 2.36. The molecule has 1 aliphatic heterocycles. The predicted molar refractivity (Wildman–Crippen MR) is 112 cm³/mol. The van der Waals surface area contributed by atoms with Crippen molar-refractivity contribution in [3.05, 3.63) is 89.1 Å². The van der Waals surface area contributed by atoms with Gasteiger partial charge in [0.25, 0.3) is 17.7 Å². The molecular weight excluding hydrogens is 398 g/mol. The van der Waals surface area contributed by atoms with E-state index in [4.69, 9.17) is 4.74 Å². The predicted octanol–water partition coefficient (Wildman–Crippen LogP) is 2.99. The molecule has 8 heteroatoms. The first-order valence-electron chi connectivity index (χ1n) is 9.42. The van der Waals surface area contributed by atoms with Gasteiger partial charge in [0.05, 0.1) is 22.4 Å². The van der Waals surface area contributed by atoms with Gasteiger partial charge in [-0.25, -0.2) is 14.7 Å². The number of nitrogens with zero attached hydrogens (tertiary/aromatic N) is 2. The Kier molecular flexibility index (Phi) is 5.28. The molecule has 0 spiro atoms. The average Bonchev–Trinajstić information content (AvgIpc) is 3.02. The zero-order valence-corrected chi connectivity index (χ0v) is 16.5. The van der Waals surface area contributed by atoms with Gasteiger partial charge in [0.2, 0.25) is 0 Å². The molecule has 0 bridgehead atoms. The number of carbonyl (C=O) groups is 4. The summed E-state index contributed by atoms with van der Waals surface area (Å²) in [5.74, 6) is -1.87. The second-order valence-electron chi connectivity index (χ2n) is 6.83. The lowest BCUT2D eigenvalue weighted by atomic mass is 10.1. The molecule has 0 aliphatic carbocycles. The average molecular weight is 415 g/mol. The lowest BCUT2D eigenvalue weighted by Crippen LogP contribution is -2.29. The third kappa shape index (κ3) is 4.04. The molecule has 0 saturated carbocycles. The van der Waals surface area contributed by atoms with Crippen molar-refractivity contribution in [3.8, 4) is 0 Å². The summed E-state index contributed by atoms with van der Waals surface area (Å²) in [6, 6.07) is 17.6. The maximum Gasteiger partial charge on any atom is 0.338 e. The zero-order valence-electron chi connectivity index (χ0n) is 16.5. The number of aromatic nitrogens is 1. The van der Waals surface area contributed by atoms with E-state index in [-0.39, 0.29) is 11.3 Å². The number of fused-ring (bicyclic) bond motifs is 1. The van der Waals surface area contributed by atoms with Crippen molar-refractivity contribution in [1.29, 1.82) is 0 Å². The SMILES string of the molecule is Cc1cccc(NC(=O)COC(=O)c2cccc(N3C(=O)c4ccccc4C3=O)c2)n1. The van der Waals surface area contributed by atoms with Crippen molar-refractivity contribution in [2.75, 3.05) is 16.8 Å². The molecule has 0 radical (unpaired) electrons. The molecule has 2 aromatic carbocycles. The lowest BCUT2D eigenvalue weighted by molar-refractivity contribution is -0.119. The number of imide groups is 1. The Hall–Kier alpha value is -4.33. The Morgan fingerprint density at radius 3 is 2.29 bits per heavy atom. The van der Waals surface area contributed by atoms with Gasteiger partial charge in [-0.1, -0.05) is 24.3 Å². The van der Waals surface area contributed by atoms with Crippen LogP contribution in [0.3, 0.4) is 0 Å². The molecule has 3 aromatic rings. The summed E-state index contributed by atoms with van der Waals surface area (Å²) in [4.78, 5) is 54.8. The third-order valence-electron chi connectivity index (χ3n) is 4.62. The maximum atomic E-state index is 12.6. The Bertz CT molecular complexity index is 1190. The molecule has 1 N–H and O–H groups in total. The Balaban J connectivity index is 1.44. The molecule has 1 aliphatic rings. The van der Waals surface area contributed by atoms with Gasteiger partial charge >= 0.3 is 5.97 Å². The van der Waals surface area contributed by atoms with E-state index in [1.165, 1.54) is 18.2 Å². The summed E-state index contributed by atoms with van der Waals surface area (Å²) in [5.41, 5.74) is 1.70. The van der Waals surface area contributed by atoms with Crippen molar-refractivity contribution in [3.63, 3.8) is 0 Å². The van der Waals surface area contributed by atoms with Gasteiger partial charge in [0, 0.05) is 5.69 Å². The van der Waals surface area contributed by atoms with Crippen LogP contribution in [0, 0.1) is 6.92 Å². The van der Waals surface area contributed by atoms with E-state index in [1.54, 1.807) is 55.5 Å². The van der Waals surface area contributed by atoms with Crippen LogP contribution in [0.5, 0.6) is 0 Å². The van der Waals surface area contributed by atoms with Crippen LogP contribution >= 0.6 is 0 Å². The molecule has 31 heavy (non-hydrogen) atoms. The minimum absolute atomic E-state index is 0.107.